The standard InChI is InChI=1S/C16H14Cl2N2O3/c1-9(21)19-10-6-7-14(23-2)13(8-10)20-16(22)11-4-3-5-12(17)15(11)18/h3-8H,1-2H3,(H,19,21)(H,20,22). The third kappa shape index (κ3) is 4.15. The fraction of sp³-hybridized carbons (Fsp3) is 0.125. The molecule has 0 unspecified atom stereocenters. The topological polar surface area (TPSA) is 67.4 Å². The van der Waals surface area contributed by atoms with Crippen LogP contribution in [0, 0.1) is 0 Å². The Balaban J connectivity index is 2.32. The van der Waals surface area contributed by atoms with E-state index in [1.165, 1.54) is 14.0 Å². The highest BCUT2D eigenvalue weighted by Crippen LogP contribution is 2.30. The van der Waals surface area contributed by atoms with E-state index >= 15 is 0 Å². The number of halogens is 2. The second kappa shape index (κ2) is 7.35. The molecule has 0 aromatic heterocycles. The molecule has 5 nitrogen and oxygen atoms in total. The molecule has 2 amide bonds. The maximum absolute atomic E-state index is 12.4. The van der Waals surface area contributed by atoms with Crippen molar-refractivity contribution in [2.75, 3.05) is 17.7 Å². The van der Waals surface area contributed by atoms with Crippen LogP contribution in [0.25, 0.3) is 0 Å². The summed E-state index contributed by atoms with van der Waals surface area (Å²) < 4.78 is 5.21. The highest BCUT2D eigenvalue weighted by Gasteiger charge is 2.15. The molecule has 0 fully saturated rings. The number of carbonyl (C=O) groups excluding carboxylic acids is 2. The van der Waals surface area contributed by atoms with E-state index in [-0.39, 0.29) is 16.5 Å². The second-order valence-corrected chi connectivity index (χ2v) is 5.44. The van der Waals surface area contributed by atoms with Crippen LogP contribution in [0.5, 0.6) is 5.75 Å². The van der Waals surface area contributed by atoms with Crippen LogP contribution in [0.2, 0.25) is 10.0 Å². The minimum atomic E-state index is -0.434. The normalized spacial score (nSPS) is 10.1. The number of rotatable bonds is 4. The van der Waals surface area contributed by atoms with E-state index < -0.39 is 5.91 Å². The molecule has 0 radical (unpaired) electrons. The van der Waals surface area contributed by atoms with Gasteiger partial charge in [0.15, 0.2) is 0 Å². The van der Waals surface area contributed by atoms with Gasteiger partial charge in [-0.25, -0.2) is 0 Å². The van der Waals surface area contributed by atoms with Crippen molar-refractivity contribution in [3.05, 3.63) is 52.0 Å². The average molecular weight is 353 g/mol. The molecular weight excluding hydrogens is 339 g/mol. The first-order valence-electron chi connectivity index (χ1n) is 6.63. The van der Waals surface area contributed by atoms with Gasteiger partial charge < -0.3 is 15.4 Å². The molecule has 0 aliphatic carbocycles. The summed E-state index contributed by atoms with van der Waals surface area (Å²) in [6.07, 6.45) is 0. The lowest BCUT2D eigenvalue weighted by molar-refractivity contribution is -0.114. The molecule has 7 heteroatoms. The number of ether oxygens (including phenoxy) is 1. The zero-order valence-electron chi connectivity index (χ0n) is 12.4. The Kier molecular flexibility index (Phi) is 5.47. The number of hydrogen-bond acceptors (Lipinski definition) is 3. The van der Waals surface area contributed by atoms with Crippen LogP contribution in [0.1, 0.15) is 17.3 Å². The summed E-state index contributed by atoms with van der Waals surface area (Å²) in [6, 6.07) is 9.69. The number of carbonyl (C=O) groups is 2. The van der Waals surface area contributed by atoms with Gasteiger partial charge >= 0.3 is 0 Å². The monoisotopic (exact) mass is 352 g/mol. The van der Waals surface area contributed by atoms with Gasteiger partial charge in [-0.2, -0.15) is 0 Å². The van der Waals surface area contributed by atoms with E-state index in [9.17, 15) is 9.59 Å². The first kappa shape index (κ1) is 17.1. The summed E-state index contributed by atoms with van der Waals surface area (Å²) >= 11 is 12.0. The maximum Gasteiger partial charge on any atom is 0.257 e. The molecule has 2 aromatic carbocycles. The van der Waals surface area contributed by atoms with Gasteiger partial charge in [-0.05, 0) is 30.3 Å². The van der Waals surface area contributed by atoms with E-state index in [4.69, 9.17) is 27.9 Å². The summed E-state index contributed by atoms with van der Waals surface area (Å²) in [5, 5.41) is 5.80. The van der Waals surface area contributed by atoms with E-state index in [2.05, 4.69) is 10.6 Å². The van der Waals surface area contributed by atoms with E-state index in [1.54, 1.807) is 36.4 Å². The lowest BCUT2D eigenvalue weighted by Crippen LogP contribution is -2.14. The number of anilines is 2. The number of hydrogen-bond donors (Lipinski definition) is 2. The number of nitrogens with one attached hydrogen (secondary N) is 2. The molecule has 2 N–H and O–H groups in total. The second-order valence-electron chi connectivity index (χ2n) is 4.65. The average Bonchev–Trinajstić information content (AvgIpc) is 2.49. The zero-order chi connectivity index (χ0) is 17.0. The quantitative estimate of drug-likeness (QED) is 0.865. The zero-order valence-corrected chi connectivity index (χ0v) is 14.0. The number of methoxy groups -OCH3 is 1. The van der Waals surface area contributed by atoms with Gasteiger partial charge in [0.25, 0.3) is 5.91 Å². The van der Waals surface area contributed by atoms with Crippen molar-refractivity contribution in [1.29, 1.82) is 0 Å². The van der Waals surface area contributed by atoms with Crippen molar-refractivity contribution < 1.29 is 14.3 Å². The molecule has 0 bridgehead atoms. The summed E-state index contributed by atoms with van der Waals surface area (Å²) in [5.74, 6) is -0.202. The minimum absolute atomic E-state index is 0.170. The molecule has 0 aliphatic rings. The predicted molar refractivity (Wildman–Crippen MR) is 91.7 cm³/mol. The Labute approximate surface area is 143 Å². The van der Waals surface area contributed by atoms with E-state index in [0.29, 0.717) is 22.1 Å². The van der Waals surface area contributed by atoms with Crippen LogP contribution >= 0.6 is 23.2 Å². The van der Waals surface area contributed by atoms with Gasteiger partial charge in [-0.15, -0.1) is 0 Å². The van der Waals surface area contributed by atoms with Gasteiger partial charge in [0.05, 0.1) is 28.4 Å². The van der Waals surface area contributed by atoms with Crippen molar-refractivity contribution in [2.45, 2.75) is 6.92 Å². The Morgan fingerprint density at radius 3 is 2.48 bits per heavy atom. The van der Waals surface area contributed by atoms with Crippen molar-refractivity contribution >= 4 is 46.4 Å². The minimum Gasteiger partial charge on any atom is -0.495 e. The fourth-order valence-corrected chi connectivity index (χ4v) is 2.34. The van der Waals surface area contributed by atoms with Gasteiger partial charge in [0.1, 0.15) is 5.75 Å². The van der Waals surface area contributed by atoms with Crippen molar-refractivity contribution in [3.63, 3.8) is 0 Å². The number of benzene rings is 2. The van der Waals surface area contributed by atoms with E-state index in [0.717, 1.165) is 0 Å². The maximum atomic E-state index is 12.4. The number of amides is 2. The molecular formula is C16H14Cl2N2O3. The largest absolute Gasteiger partial charge is 0.495 e. The Morgan fingerprint density at radius 2 is 1.83 bits per heavy atom. The fourth-order valence-electron chi connectivity index (χ4n) is 1.96. The van der Waals surface area contributed by atoms with Crippen molar-refractivity contribution in [3.8, 4) is 5.75 Å². The Bertz CT molecular complexity index is 763. The third-order valence-corrected chi connectivity index (χ3v) is 3.78. The SMILES string of the molecule is COc1ccc(NC(C)=O)cc1NC(=O)c1cccc(Cl)c1Cl. The Hall–Kier alpha value is -2.24. The molecule has 0 saturated carbocycles. The summed E-state index contributed by atoms with van der Waals surface area (Å²) in [6.45, 7) is 1.40. The van der Waals surface area contributed by atoms with Crippen LogP contribution in [0.3, 0.4) is 0 Å². The first-order chi connectivity index (χ1) is 10.9. The first-order valence-corrected chi connectivity index (χ1v) is 7.39. The highest BCUT2D eigenvalue weighted by atomic mass is 35.5. The third-order valence-electron chi connectivity index (χ3n) is 2.96. The smallest absolute Gasteiger partial charge is 0.257 e. The van der Waals surface area contributed by atoms with Crippen LogP contribution in [-0.4, -0.2) is 18.9 Å². The molecule has 0 saturated heterocycles. The molecule has 0 aliphatic heterocycles. The molecule has 23 heavy (non-hydrogen) atoms. The van der Waals surface area contributed by atoms with Crippen LogP contribution in [0.4, 0.5) is 11.4 Å². The Morgan fingerprint density at radius 1 is 1.09 bits per heavy atom. The van der Waals surface area contributed by atoms with Crippen molar-refractivity contribution in [2.24, 2.45) is 0 Å². The highest BCUT2D eigenvalue weighted by molar-refractivity contribution is 6.44. The van der Waals surface area contributed by atoms with Crippen LogP contribution in [0.15, 0.2) is 36.4 Å². The van der Waals surface area contributed by atoms with Crippen LogP contribution in [-0.2, 0) is 4.79 Å². The summed E-state index contributed by atoms with van der Waals surface area (Å²) in [5.41, 5.74) is 1.18. The lowest BCUT2D eigenvalue weighted by atomic mass is 10.2. The van der Waals surface area contributed by atoms with Crippen molar-refractivity contribution in [1.82, 2.24) is 0 Å². The van der Waals surface area contributed by atoms with Gasteiger partial charge in [0.2, 0.25) is 5.91 Å². The molecule has 0 heterocycles. The molecule has 2 aromatic rings. The summed E-state index contributed by atoms with van der Waals surface area (Å²) in [4.78, 5) is 23.5. The molecule has 0 atom stereocenters. The van der Waals surface area contributed by atoms with Gasteiger partial charge in [-0.3, -0.25) is 9.59 Å². The molecule has 120 valence electrons. The van der Waals surface area contributed by atoms with Crippen LogP contribution < -0.4 is 15.4 Å². The predicted octanol–water partition coefficient (Wildman–Crippen LogP) is 4.21. The summed E-state index contributed by atoms with van der Waals surface area (Å²) in [7, 11) is 1.48. The van der Waals surface area contributed by atoms with Gasteiger partial charge in [0, 0.05) is 12.6 Å². The molecule has 0 spiro atoms. The van der Waals surface area contributed by atoms with E-state index in [1.807, 2.05) is 0 Å². The van der Waals surface area contributed by atoms with Gasteiger partial charge in [-0.1, -0.05) is 29.3 Å². The molecule has 2 rings (SSSR count). The lowest BCUT2D eigenvalue weighted by Gasteiger charge is -2.13.